The number of hydrazine groups is 1. The van der Waals surface area contributed by atoms with E-state index in [1.165, 1.54) is 24.3 Å². The lowest BCUT2D eigenvalue weighted by atomic mass is 10.1. The molecule has 0 saturated heterocycles. The molecule has 2 N–H and O–H groups in total. The second kappa shape index (κ2) is 8.62. The van der Waals surface area contributed by atoms with Gasteiger partial charge in [-0.05, 0) is 68.3 Å². The van der Waals surface area contributed by atoms with E-state index < -0.39 is 27.8 Å². The van der Waals surface area contributed by atoms with Gasteiger partial charge in [0, 0.05) is 16.8 Å². The molecule has 0 spiro atoms. The van der Waals surface area contributed by atoms with Crippen molar-refractivity contribution in [3.05, 3.63) is 58.1 Å². The van der Waals surface area contributed by atoms with E-state index in [0.29, 0.717) is 10.8 Å². The number of halogens is 1. The largest absolute Gasteiger partial charge is 0.480 e. The molecule has 0 heterocycles. The molecule has 0 bridgehead atoms. The second-order valence-corrected chi connectivity index (χ2v) is 8.82. The first kappa shape index (κ1) is 21.7. The first-order valence-corrected chi connectivity index (χ1v) is 10.6. The van der Waals surface area contributed by atoms with Crippen LogP contribution < -0.4 is 15.6 Å². The Morgan fingerprint density at radius 3 is 2.07 bits per heavy atom. The summed E-state index contributed by atoms with van der Waals surface area (Å²) in [6, 6.07) is 8.83. The fraction of sp³-hybridized carbons (Fsp3) is 0.263. The minimum atomic E-state index is -3.35. The summed E-state index contributed by atoms with van der Waals surface area (Å²) >= 11 is 5.98. The number of amides is 2. The minimum Gasteiger partial charge on any atom is -0.480 e. The molecule has 150 valence electrons. The maximum atomic E-state index is 12.2. The van der Waals surface area contributed by atoms with Crippen LogP contribution in [0.25, 0.3) is 0 Å². The number of carbonyl (C=O) groups is 2. The summed E-state index contributed by atoms with van der Waals surface area (Å²) in [5.41, 5.74) is 6.34. The summed E-state index contributed by atoms with van der Waals surface area (Å²) < 4.78 is 28.6. The lowest BCUT2D eigenvalue weighted by Crippen LogP contribution is -2.47. The Balaban J connectivity index is 1.97. The molecule has 2 aromatic carbocycles. The van der Waals surface area contributed by atoms with Gasteiger partial charge >= 0.3 is 0 Å². The first-order valence-electron chi connectivity index (χ1n) is 8.32. The number of benzene rings is 2. The highest BCUT2D eigenvalue weighted by Crippen LogP contribution is 2.27. The van der Waals surface area contributed by atoms with Gasteiger partial charge < -0.3 is 4.74 Å². The van der Waals surface area contributed by atoms with E-state index >= 15 is 0 Å². The van der Waals surface area contributed by atoms with Crippen molar-refractivity contribution >= 4 is 33.3 Å². The summed E-state index contributed by atoms with van der Waals surface area (Å²) in [6.07, 6.45) is 0.208. The van der Waals surface area contributed by atoms with E-state index in [9.17, 15) is 18.0 Å². The van der Waals surface area contributed by atoms with Crippen LogP contribution in [0.5, 0.6) is 5.75 Å². The fourth-order valence-electron chi connectivity index (χ4n) is 2.46. The molecule has 0 aromatic heterocycles. The van der Waals surface area contributed by atoms with Gasteiger partial charge in [-0.25, -0.2) is 8.42 Å². The lowest BCUT2D eigenvalue weighted by Gasteiger charge is -2.18. The van der Waals surface area contributed by atoms with E-state index in [-0.39, 0.29) is 10.5 Å². The van der Waals surface area contributed by atoms with Crippen molar-refractivity contribution in [2.24, 2.45) is 0 Å². The van der Waals surface area contributed by atoms with Crippen LogP contribution in [0.4, 0.5) is 0 Å². The Hall–Kier alpha value is -2.58. The molecule has 0 saturated carbocycles. The fourth-order valence-corrected chi connectivity index (χ4v) is 3.42. The Labute approximate surface area is 168 Å². The number of hydrogen-bond donors (Lipinski definition) is 2. The maximum Gasteiger partial charge on any atom is 0.279 e. The number of ether oxygens (including phenoxy) is 1. The number of rotatable bonds is 5. The molecule has 7 nitrogen and oxygen atoms in total. The molecular formula is C19H21ClN2O5S. The van der Waals surface area contributed by atoms with Gasteiger partial charge in [0.25, 0.3) is 11.8 Å². The SMILES string of the molecule is Cc1cc(Cl)cc(C)c1OC(C)C(=O)NNC(=O)c1ccc(S(C)(=O)=O)cc1. The van der Waals surface area contributed by atoms with E-state index in [2.05, 4.69) is 10.9 Å². The van der Waals surface area contributed by atoms with Gasteiger partial charge in [0.1, 0.15) is 5.75 Å². The molecule has 0 fully saturated rings. The Bertz CT molecular complexity index is 980. The van der Waals surface area contributed by atoms with Gasteiger partial charge in [-0.2, -0.15) is 0 Å². The van der Waals surface area contributed by atoms with Crippen LogP contribution in [-0.2, 0) is 14.6 Å². The van der Waals surface area contributed by atoms with Gasteiger partial charge in [0.2, 0.25) is 0 Å². The molecule has 0 radical (unpaired) electrons. The normalized spacial score (nSPS) is 12.2. The predicted molar refractivity (Wildman–Crippen MR) is 106 cm³/mol. The van der Waals surface area contributed by atoms with Crippen LogP contribution in [0.15, 0.2) is 41.3 Å². The van der Waals surface area contributed by atoms with E-state index in [4.69, 9.17) is 16.3 Å². The average Bonchev–Trinajstić information content (AvgIpc) is 2.61. The van der Waals surface area contributed by atoms with Crippen molar-refractivity contribution < 1.29 is 22.7 Å². The van der Waals surface area contributed by atoms with Gasteiger partial charge in [0.15, 0.2) is 15.9 Å². The molecule has 2 aromatic rings. The molecule has 0 aliphatic carbocycles. The van der Waals surface area contributed by atoms with Crippen LogP contribution in [0.2, 0.25) is 5.02 Å². The molecule has 0 aliphatic rings. The first-order chi connectivity index (χ1) is 13.0. The highest BCUT2D eigenvalue weighted by molar-refractivity contribution is 7.90. The van der Waals surface area contributed by atoms with Crippen molar-refractivity contribution in [2.45, 2.75) is 31.8 Å². The molecular weight excluding hydrogens is 404 g/mol. The minimum absolute atomic E-state index is 0.101. The van der Waals surface area contributed by atoms with Crippen molar-refractivity contribution in [3.63, 3.8) is 0 Å². The van der Waals surface area contributed by atoms with E-state index in [1.807, 2.05) is 13.8 Å². The van der Waals surface area contributed by atoms with Gasteiger partial charge in [-0.1, -0.05) is 11.6 Å². The number of aryl methyl sites for hydroxylation is 2. The maximum absolute atomic E-state index is 12.2. The highest BCUT2D eigenvalue weighted by atomic mass is 35.5. The van der Waals surface area contributed by atoms with Crippen molar-refractivity contribution in [1.29, 1.82) is 0 Å². The number of hydrogen-bond acceptors (Lipinski definition) is 5. The zero-order valence-corrected chi connectivity index (χ0v) is 17.4. The standard InChI is InChI=1S/C19H21ClN2O5S/c1-11-9-15(20)10-12(2)17(11)27-13(3)18(23)21-22-19(24)14-5-7-16(8-6-14)28(4,25)26/h5-10,13H,1-4H3,(H,21,23)(H,22,24). The van der Waals surface area contributed by atoms with Crippen LogP contribution in [-0.4, -0.2) is 32.6 Å². The second-order valence-electron chi connectivity index (χ2n) is 6.37. The Kier molecular flexibility index (Phi) is 6.69. The number of nitrogens with one attached hydrogen (secondary N) is 2. The highest BCUT2D eigenvalue weighted by Gasteiger charge is 2.18. The van der Waals surface area contributed by atoms with Crippen LogP contribution in [0, 0.1) is 13.8 Å². The topological polar surface area (TPSA) is 102 Å². The molecule has 2 amide bonds. The average molecular weight is 425 g/mol. The van der Waals surface area contributed by atoms with Crippen molar-refractivity contribution in [2.75, 3.05) is 6.26 Å². The third kappa shape index (κ3) is 5.46. The molecule has 0 aliphatic heterocycles. The lowest BCUT2D eigenvalue weighted by molar-refractivity contribution is -0.128. The Morgan fingerprint density at radius 2 is 1.57 bits per heavy atom. The van der Waals surface area contributed by atoms with E-state index in [1.54, 1.807) is 19.1 Å². The number of sulfone groups is 1. The van der Waals surface area contributed by atoms with Crippen molar-refractivity contribution in [3.8, 4) is 5.75 Å². The zero-order valence-electron chi connectivity index (χ0n) is 15.9. The summed E-state index contributed by atoms with van der Waals surface area (Å²) in [5.74, 6) is -0.580. The quantitative estimate of drug-likeness (QED) is 0.718. The smallest absolute Gasteiger partial charge is 0.279 e. The number of carbonyl (C=O) groups excluding carboxylic acids is 2. The predicted octanol–water partition coefficient (Wildman–Crippen LogP) is 2.59. The summed E-state index contributed by atoms with van der Waals surface area (Å²) in [7, 11) is -3.35. The summed E-state index contributed by atoms with van der Waals surface area (Å²) in [4.78, 5) is 24.4. The van der Waals surface area contributed by atoms with Gasteiger partial charge in [-0.15, -0.1) is 0 Å². The molecule has 28 heavy (non-hydrogen) atoms. The monoisotopic (exact) mass is 424 g/mol. The summed E-state index contributed by atoms with van der Waals surface area (Å²) in [5, 5.41) is 0.577. The third-order valence-corrected chi connectivity index (χ3v) is 5.28. The van der Waals surface area contributed by atoms with Crippen molar-refractivity contribution in [1.82, 2.24) is 10.9 Å². The van der Waals surface area contributed by atoms with Crippen LogP contribution in [0.1, 0.15) is 28.4 Å². The molecule has 1 atom stereocenters. The Morgan fingerprint density at radius 1 is 1.04 bits per heavy atom. The van der Waals surface area contributed by atoms with E-state index in [0.717, 1.165) is 17.4 Å². The summed E-state index contributed by atoms with van der Waals surface area (Å²) in [6.45, 7) is 5.19. The molecule has 1 unspecified atom stereocenters. The molecule has 2 rings (SSSR count). The van der Waals surface area contributed by atoms with Gasteiger partial charge in [-0.3, -0.25) is 20.4 Å². The van der Waals surface area contributed by atoms with Gasteiger partial charge in [0.05, 0.1) is 4.90 Å². The third-order valence-electron chi connectivity index (χ3n) is 3.93. The van der Waals surface area contributed by atoms with Crippen LogP contribution in [0.3, 0.4) is 0 Å². The zero-order chi connectivity index (χ0) is 21.1. The molecule has 9 heteroatoms. The van der Waals surface area contributed by atoms with Crippen LogP contribution >= 0.6 is 11.6 Å².